The molecular weight excluding hydrogens is 338 g/mol. The molecule has 0 fully saturated rings. The normalized spacial score (nSPS) is 14.1. The Morgan fingerprint density at radius 1 is 1.32 bits per heavy atom. The van der Waals surface area contributed by atoms with Gasteiger partial charge in [-0.05, 0) is 50.5 Å². The summed E-state index contributed by atoms with van der Waals surface area (Å²) in [5, 5.41) is 9.95. The van der Waals surface area contributed by atoms with Gasteiger partial charge in [-0.25, -0.2) is 4.52 Å². The van der Waals surface area contributed by atoms with Gasteiger partial charge in [-0.15, -0.1) is 5.10 Å². The second-order valence-electron chi connectivity index (χ2n) is 6.10. The van der Waals surface area contributed by atoms with Gasteiger partial charge in [0, 0.05) is 22.5 Å². The fourth-order valence-electron chi connectivity index (χ4n) is 2.88. The van der Waals surface area contributed by atoms with Gasteiger partial charge in [-0.2, -0.15) is 4.98 Å². The Labute approximate surface area is 148 Å². The molecule has 1 aliphatic heterocycles. The topological polar surface area (TPSA) is 88.4 Å². The number of carbonyl (C=O) groups excluding carboxylic acids is 2. The van der Waals surface area contributed by atoms with Gasteiger partial charge in [0.15, 0.2) is 0 Å². The monoisotopic (exact) mass is 355 g/mol. The third-order valence-electron chi connectivity index (χ3n) is 4.37. The molecule has 0 unspecified atom stereocenters. The SMILES string of the molecule is Cc1sc2nc(NC(=O)c3ccc4c(c3)CCCC(=O)N4)nn2c1C. The van der Waals surface area contributed by atoms with Gasteiger partial charge in [0.25, 0.3) is 11.9 Å². The zero-order valence-electron chi connectivity index (χ0n) is 13.9. The maximum absolute atomic E-state index is 12.5. The number of hydrogen-bond donors (Lipinski definition) is 2. The van der Waals surface area contributed by atoms with Gasteiger partial charge >= 0.3 is 0 Å². The quantitative estimate of drug-likeness (QED) is 0.740. The molecule has 25 heavy (non-hydrogen) atoms. The fraction of sp³-hybridized carbons (Fsp3) is 0.294. The summed E-state index contributed by atoms with van der Waals surface area (Å²) in [5.74, 6) is 0.0532. The summed E-state index contributed by atoms with van der Waals surface area (Å²) in [6, 6.07) is 5.30. The predicted molar refractivity (Wildman–Crippen MR) is 96.3 cm³/mol. The Morgan fingerprint density at radius 2 is 2.16 bits per heavy atom. The van der Waals surface area contributed by atoms with Gasteiger partial charge in [-0.1, -0.05) is 11.3 Å². The molecule has 2 amide bonds. The van der Waals surface area contributed by atoms with Crippen LogP contribution in [0.3, 0.4) is 0 Å². The van der Waals surface area contributed by atoms with Gasteiger partial charge < -0.3 is 5.32 Å². The smallest absolute Gasteiger partial charge is 0.258 e. The molecule has 0 atom stereocenters. The van der Waals surface area contributed by atoms with E-state index in [0.717, 1.165) is 39.6 Å². The molecule has 1 aromatic carbocycles. The van der Waals surface area contributed by atoms with Crippen molar-refractivity contribution in [3.8, 4) is 0 Å². The van der Waals surface area contributed by atoms with Crippen LogP contribution >= 0.6 is 11.3 Å². The Bertz CT molecular complexity index is 1000. The van der Waals surface area contributed by atoms with Gasteiger partial charge in [0.1, 0.15) is 0 Å². The molecule has 1 aliphatic rings. The third-order valence-corrected chi connectivity index (χ3v) is 5.41. The highest BCUT2D eigenvalue weighted by Gasteiger charge is 2.17. The Kier molecular flexibility index (Phi) is 3.76. The number of rotatable bonds is 2. The van der Waals surface area contributed by atoms with E-state index in [-0.39, 0.29) is 11.8 Å². The van der Waals surface area contributed by atoms with Crippen LogP contribution in [0.4, 0.5) is 11.6 Å². The summed E-state index contributed by atoms with van der Waals surface area (Å²) in [4.78, 5) is 30.4. The lowest BCUT2D eigenvalue weighted by atomic mass is 10.0. The summed E-state index contributed by atoms with van der Waals surface area (Å²) in [6.07, 6.45) is 2.05. The van der Waals surface area contributed by atoms with Crippen molar-refractivity contribution in [1.82, 2.24) is 14.6 Å². The maximum atomic E-state index is 12.5. The number of anilines is 2. The average molecular weight is 355 g/mol. The van der Waals surface area contributed by atoms with Crippen molar-refractivity contribution in [2.24, 2.45) is 0 Å². The van der Waals surface area contributed by atoms with E-state index in [1.165, 1.54) is 0 Å². The molecular formula is C17H17N5O2S. The standard InChI is InChI=1S/C17H17N5O2S/c1-9-10(2)25-17-20-16(21-22(9)17)19-15(24)12-6-7-13-11(8-12)4-3-5-14(23)18-13/h6-8H,3-5H2,1-2H3,(H,18,23)(H,19,21,24). The highest BCUT2D eigenvalue weighted by atomic mass is 32.1. The number of hydrogen-bond acceptors (Lipinski definition) is 5. The van der Waals surface area contributed by atoms with E-state index in [4.69, 9.17) is 0 Å². The van der Waals surface area contributed by atoms with Crippen molar-refractivity contribution in [3.05, 3.63) is 39.9 Å². The molecule has 4 rings (SSSR count). The van der Waals surface area contributed by atoms with Gasteiger partial charge in [0.2, 0.25) is 10.9 Å². The Balaban J connectivity index is 1.58. The Hall–Kier alpha value is -2.74. The Morgan fingerprint density at radius 3 is 2.96 bits per heavy atom. The first-order valence-electron chi connectivity index (χ1n) is 8.08. The highest BCUT2D eigenvalue weighted by molar-refractivity contribution is 7.17. The number of nitrogens with one attached hydrogen (secondary N) is 2. The largest absolute Gasteiger partial charge is 0.326 e. The number of fused-ring (bicyclic) bond motifs is 2. The molecule has 0 radical (unpaired) electrons. The molecule has 7 nitrogen and oxygen atoms in total. The molecule has 3 heterocycles. The molecule has 0 bridgehead atoms. The van der Waals surface area contributed by atoms with Crippen molar-refractivity contribution in [1.29, 1.82) is 0 Å². The number of aryl methyl sites for hydroxylation is 3. The van der Waals surface area contributed by atoms with E-state index >= 15 is 0 Å². The number of thiazole rings is 1. The maximum Gasteiger partial charge on any atom is 0.258 e. The summed E-state index contributed by atoms with van der Waals surface area (Å²) in [7, 11) is 0. The molecule has 2 N–H and O–H groups in total. The van der Waals surface area contributed by atoms with Crippen LogP contribution in [0, 0.1) is 13.8 Å². The molecule has 0 spiro atoms. The van der Waals surface area contributed by atoms with Crippen molar-refractivity contribution in [3.63, 3.8) is 0 Å². The minimum absolute atomic E-state index is 0.0175. The first-order chi connectivity index (χ1) is 12.0. The van der Waals surface area contributed by atoms with Crippen LogP contribution < -0.4 is 10.6 Å². The number of carbonyl (C=O) groups is 2. The van der Waals surface area contributed by atoms with Gasteiger partial charge in [0.05, 0.1) is 5.69 Å². The van der Waals surface area contributed by atoms with Crippen LogP contribution in [0.5, 0.6) is 0 Å². The minimum Gasteiger partial charge on any atom is -0.326 e. The number of amides is 2. The zero-order valence-corrected chi connectivity index (χ0v) is 14.7. The zero-order chi connectivity index (χ0) is 17.6. The second kappa shape index (κ2) is 5.96. The van der Waals surface area contributed by atoms with Gasteiger partial charge in [-0.3, -0.25) is 14.9 Å². The van der Waals surface area contributed by atoms with Crippen LogP contribution in [-0.2, 0) is 11.2 Å². The van der Waals surface area contributed by atoms with Crippen LogP contribution in [0.25, 0.3) is 4.96 Å². The van der Waals surface area contributed by atoms with E-state index in [0.29, 0.717) is 17.9 Å². The third kappa shape index (κ3) is 2.89. The first-order valence-corrected chi connectivity index (χ1v) is 8.90. The van der Waals surface area contributed by atoms with E-state index in [1.54, 1.807) is 28.0 Å². The summed E-state index contributed by atoms with van der Waals surface area (Å²) in [6.45, 7) is 3.99. The molecule has 0 saturated heterocycles. The molecule has 3 aromatic rings. The summed E-state index contributed by atoms with van der Waals surface area (Å²) >= 11 is 1.54. The van der Waals surface area contributed by atoms with E-state index in [2.05, 4.69) is 20.7 Å². The molecule has 2 aromatic heterocycles. The lowest BCUT2D eigenvalue weighted by Gasteiger charge is -2.08. The summed E-state index contributed by atoms with van der Waals surface area (Å²) in [5.41, 5.74) is 3.31. The lowest BCUT2D eigenvalue weighted by Crippen LogP contribution is -2.14. The highest BCUT2D eigenvalue weighted by Crippen LogP contribution is 2.24. The summed E-state index contributed by atoms with van der Waals surface area (Å²) < 4.78 is 1.74. The van der Waals surface area contributed by atoms with Crippen LogP contribution in [-0.4, -0.2) is 26.4 Å². The van der Waals surface area contributed by atoms with Crippen molar-refractivity contribution in [2.45, 2.75) is 33.1 Å². The average Bonchev–Trinajstić information content (AvgIpc) is 2.99. The molecule has 8 heteroatoms. The van der Waals surface area contributed by atoms with Crippen LogP contribution in [0.15, 0.2) is 18.2 Å². The number of aromatic nitrogens is 3. The van der Waals surface area contributed by atoms with Crippen LogP contribution in [0.2, 0.25) is 0 Å². The fourth-order valence-corrected chi connectivity index (χ4v) is 3.79. The van der Waals surface area contributed by atoms with Crippen LogP contribution in [0.1, 0.15) is 39.3 Å². The lowest BCUT2D eigenvalue weighted by molar-refractivity contribution is -0.116. The van der Waals surface area contributed by atoms with E-state index in [1.807, 2.05) is 19.9 Å². The second-order valence-corrected chi connectivity index (χ2v) is 7.28. The van der Waals surface area contributed by atoms with Crippen molar-refractivity contribution < 1.29 is 9.59 Å². The van der Waals surface area contributed by atoms with Crippen molar-refractivity contribution in [2.75, 3.05) is 10.6 Å². The van der Waals surface area contributed by atoms with E-state index < -0.39 is 0 Å². The molecule has 128 valence electrons. The molecule has 0 saturated carbocycles. The number of benzene rings is 1. The minimum atomic E-state index is -0.258. The first kappa shape index (κ1) is 15.8. The van der Waals surface area contributed by atoms with E-state index in [9.17, 15) is 9.59 Å². The predicted octanol–water partition coefficient (Wildman–Crippen LogP) is 2.93. The number of nitrogens with zero attached hydrogens (tertiary/aromatic N) is 3. The van der Waals surface area contributed by atoms with Crippen molar-refractivity contribution >= 4 is 39.7 Å². The molecule has 0 aliphatic carbocycles.